The second-order valence-corrected chi connectivity index (χ2v) is 6.81. The van der Waals surface area contributed by atoms with Crippen molar-refractivity contribution in [1.82, 2.24) is 9.88 Å². The molecule has 0 radical (unpaired) electrons. The molecular formula is C16H22N2OS. The Hall–Kier alpha value is -1.13. The molecule has 1 fully saturated rings. The van der Waals surface area contributed by atoms with E-state index in [0.29, 0.717) is 0 Å². The van der Waals surface area contributed by atoms with Crippen LogP contribution in [0.25, 0.3) is 10.8 Å². The average Bonchev–Trinajstić information content (AvgIpc) is 3.09. The summed E-state index contributed by atoms with van der Waals surface area (Å²) in [6.45, 7) is 3.31. The van der Waals surface area contributed by atoms with E-state index in [4.69, 9.17) is 4.42 Å². The molecule has 2 aromatic heterocycles. The summed E-state index contributed by atoms with van der Waals surface area (Å²) in [5, 5.41) is 3.13. The Morgan fingerprint density at radius 1 is 1.35 bits per heavy atom. The Morgan fingerprint density at radius 3 is 2.85 bits per heavy atom. The van der Waals surface area contributed by atoms with E-state index in [1.807, 2.05) is 12.1 Å². The number of rotatable bonds is 4. The van der Waals surface area contributed by atoms with Crippen LogP contribution in [-0.2, 0) is 6.54 Å². The molecule has 2 aromatic rings. The molecule has 0 aliphatic heterocycles. The zero-order valence-corrected chi connectivity index (χ0v) is 13.0. The van der Waals surface area contributed by atoms with Crippen LogP contribution >= 0.6 is 11.3 Å². The van der Waals surface area contributed by atoms with Gasteiger partial charge in [0.25, 0.3) is 0 Å². The number of aromatic nitrogens is 1. The highest BCUT2D eigenvalue weighted by atomic mass is 32.1. The molecule has 1 aliphatic carbocycles. The lowest BCUT2D eigenvalue weighted by atomic mass is 9.87. The minimum atomic E-state index is 0.722. The molecule has 1 saturated carbocycles. The van der Waals surface area contributed by atoms with Crippen LogP contribution in [0.2, 0.25) is 0 Å². The number of nitrogens with zero attached hydrogens (tertiary/aromatic N) is 2. The van der Waals surface area contributed by atoms with Crippen LogP contribution in [0, 0.1) is 5.92 Å². The summed E-state index contributed by atoms with van der Waals surface area (Å²) in [5.74, 6) is 1.78. The Labute approximate surface area is 124 Å². The van der Waals surface area contributed by atoms with Gasteiger partial charge in [0, 0.05) is 18.0 Å². The summed E-state index contributed by atoms with van der Waals surface area (Å²) in [4.78, 5) is 7.15. The van der Waals surface area contributed by atoms with Gasteiger partial charge >= 0.3 is 0 Å². The maximum Gasteiger partial charge on any atom is 0.162 e. The standard InChI is InChI=1S/C16H22N2OS/c1-12-5-7-14(8-6-12)18(2)10-13-11-20-16(17-13)15-4-3-9-19-15/h3-4,9,11-12,14H,5-8,10H2,1-2H3. The van der Waals surface area contributed by atoms with E-state index in [1.165, 1.54) is 25.7 Å². The second kappa shape index (κ2) is 6.10. The number of hydrogen-bond donors (Lipinski definition) is 0. The van der Waals surface area contributed by atoms with Crippen molar-refractivity contribution in [3.05, 3.63) is 29.5 Å². The van der Waals surface area contributed by atoms with Crippen molar-refractivity contribution in [3.63, 3.8) is 0 Å². The highest BCUT2D eigenvalue weighted by Crippen LogP contribution is 2.28. The number of furan rings is 1. The lowest BCUT2D eigenvalue weighted by molar-refractivity contribution is 0.162. The van der Waals surface area contributed by atoms with E-state index in [9.17, 15) is 0 Å². The topological polar surface area (TPSA) is 29.3 Å². The van der Waals surface area contributed by atoms with E-state index in [2.05, 4.69) is 29.2 Å². The van der Waals surface area contributed by atoms with Gasteiger partial charge in [-0.15, -0.1) is 11.3 Å². The van der Waals surface area contributed by atoms with Crippen molar-refractivity contribution in [2.45, 2.75) is 45.2 Å². The van der Waals surface area contributed by atoms with Gasteiger partial charge in [-0.3, -0.25) is 4.90 Å². The zero-order chi connectivity index (χ0) is 13.9. The summed E-state index contributed by atoms with van der Waals surface area (Å²) in [6, 6.07) is 4.60. The third kappa shape index (κ3) is 3.13. The third-order valence-electron chi connectivity index (χ3n) is 4.30. The minimum absolute atomic E-state index is 0.722. The molecule has 1 aliphatic rings. The molecule has 0 aromatic carbocycles. The van der Waals surface area contributed by atoms with Gasteiger partial charge in [-0.2, -0.15) is 0 Å². The van der Waals surface area contributed by atoms with E-state index in [1.54, 1.807) is 17.6 Å². The molecule has 0 unspecified atom stereocenters. The minimum Gasteiger partial charge on any atom is -0.462 e. The first kappa shape index (κ1) is 13.8. The van der Waals surface area contributed by atoms with Crippen LogP contribution in [0.5, 0.6) is 0 Å². The largest absolute Gasteiger partial charge is 0.462 e. The summed E-state index contributed by atoms with van der Waals surface area (Å²) < 4.78 is 5.40. The highest BCUT2D eigenvalue weighted by molar-refractivity contribution is 7.13. The molecule has 0 saturated heterocycles. The van der Waals surface area contributed by atoms with Gasteiger partial charge in [0.2, 0.25) is 0 Å². The van der Waals surface area contributed by atoms with Crippen LogP contribution in [0.4, 0.5) is 0 Å². The van der Waals surface area contributed by atoms with Crippen molar-refractivity contribution in [3.8, 4) is 10.8 Å². The van der Waals surface area contributed by atoms with Gasteiger partial charge in [0.05, 0.1) is 12.0 Å². The first-order valence-corrected chi connectivity index (χ1v) is 8.29. The van der Waals surface area contributed by atoms with Gasteiger partial charge in [-0.25, -0.2) is 4.98 Å². The number of hydrogen-bond acceptors (Lipinski definition) is 4. The van der Waals surface area contributed by atoms with E-state index >= 15 is 0 Å². The number of thiazole rings is 1. The fraction of sp³-hybridized carbons (Fsp3) is 0.562. The lowest BCUT2D eigenvalue weighted by Crippen LogP contribution is -2.34. The first-order chi connectivity index (χ1) is 9.72. The van der Waals surface area contributed by atoms with Crippen LogP contribution in [0.15, 0.2) is 28.2 Å². The molecule has 0 spiro atoms. The monoisotopic (exact) mass is 290 g/mol. The average molecular weight is 290 g/mol. The fourth-order valence-corrected chi connectivity index (χ4v) is 3.74. The lowest BCUT2D eigenvalue weighted by Gasteiger charge is -2.33. The smallest absolute Gasteiger partial charge is 0.162 e. The summed E-state index contributed by atoms with van der Waals surface area (Å²) in [6.07, 6.45) is 7.08. The van der Waals surface area contributed by atoms with Crippen LogP contribution in [0.1, 0.15) is 38.3 Å². The van der Waals surface area contributed by atoms with Crippen molar-refractivity contribution in [2.24, 2.45) is 5.92 Å². The molecule has 108 valence electrons. The normalized spacial score (nSPS) is 23.4. The summed E-state index contributed by atoms with van der Waals surface area (Å²) in [5.41, 5.74) is 1.16. The van der Waals surface area contributed by atoms with E-state index in [0.717, 1.165) is 35.0 Å². The predicted molar refractivity (Wildman–Crippen MR) is 82.7 cm³/mol. The van der Waals surface area contributed by atoms with Crippen LogP contribution < -0.4 is 0 Å². The highest BCUT2D eigenvalue weighted by Gasteiger charge is 2.22. The molecule has 0 N–H and O–H groups in total. The van der Waals surface area contributed by atoms with Crippen molar-refractivity contribution in [2.75, 3.05) is 7.05 Å². The molecular weight excluding hydrogens is 268 g/mol. The van der Waals surface area contributed by atoms with Crippen LogP contribution in [0.3, 0.4) is 0 Å². The molecule has 0 amide bonds. The van der Waals surface area contributed by atoms with E-state index < -0.39 is 0 Å². The Morgan fingerprint density at radius 2 is 2.15 bits per heavy atom. The summed E-state index contributed by atoms with van der Waals surface area (Å²) >= 11 is 1.66. The molecule has 0 atom stereocenters. The molecule has 20 heavy (non-hydrogen) atoms. The summed E-state index contributed by atoms with van der Waals surface area (Å²) in [7, 11) is 2.23. The first-order valence-electron chi connectivity index (χ1n) is 7.41. The van der Waals surface area contributed by atoms with Gasteiger partial charge < -0.3 is 4.42 Å². The molecule has 2 heterocycles. The van der Waals surface area contributed by atoms with Gasteiger partial charge in [0.1, 0.15) is 0 Å². The Balaban J connectivity index is 1.60. The van der Waals surface area contributed by atoms with Crippen molar-refractivity contribution >= 4 is 11.3 Å². The Kier molecular flexibility index (Phi) is 4.22. The SMILES string of the molecule is CC1CCC(N(C)Cc2csc(-c3ccco3)n2)CC1. The third-order valence-corrected chi connectivity index (χ3v) is 5.21. The van der Waals surface area contributed by atoms with Crippen LogP contribution in [-0.4, -0.2) is 23.0 Å². The maximum atomic E-state index is 5.40. The predicted octanol–water partition coefficient (Wildman–Crippen LogP) is 4.41. The van der Waals surface area contributed by atoms with E-state index in [-0.39, 0.29) is 0 Å². The Bertz CT molecular complexity index is 526. The molecule has 4 heteroatoms. The van der Waals surface area contributed by atoms with Gasteiger partial charge in [-0.1, -0.05) is 6.92 Å². The molecule has 3 rings (SSSR count). The fourth-order valence-electron chi connectivity index (χ4n) is 2.96. The molecule has 0 bridgehead atoms. The van der Waals surface area contributed by atoms with Gasteiger partial charge in [-0.05, 0) is 50.8 Å². The van der Waals surface area contributed by atoms with Crippen molar-refractivity contribution < 1.29 is 4.42 Å². The molecule has 3 nitrogen and oxygen atoms in total. The maximum absolute atomic E-state index is 5.40. The second-order valence-electron chi connectivity index (χ2n) is 5.95. The van der Waals surface area contributed by atoms with Gasteiger partial charge in [0.15, 0.2) is 10.8 Å². The zero-order valence-electron chi connectivity index (χ0n) is 12.2. The quantitative estimate of drug-likeness (QED) is 0.835. The van der Waals surface area contributed by atoms with Crippen molar-refractivity contribution in [1.29, 1.82) is 0 Å².